The fourth-order valence-electron chi connectivity index (χ4n) is 4.75. The van der Waals surface area contributed by atoms with Gasteiger partial charge in [-0.15, -0.1) is 0 Å². The van der Waals surface area contributed by atoms with Crippen molar-refractivity contribution in [3.63, 3.8) is 0 Å². The predicted octanol–water partition coefficient (Wildman–Crippen LogP) is 2.48. The van der Waals surface area contributed by atoms with Crippen molar-refractivity contribution in [1.82, 2.24) is 15.8 Å². The van der Waals surface area contributed by atoms with Crippen LogP contribution in [0.4, 0.5) is 0 Å². The second-order valence-corrected chi connectivity index (χ2v) is 8.51. The molecular formula is C21H24BrN3O3. The van der Waals surface area contributed by atoms with E-state index in [-0.39, 0.29) is 42.8 Å². The lowest BCUT2D eigenvalue weighted by Crippen LogP contribution is -2.42. The van der Waals surface area contributed by atoms with E-state index < -0.39 is 6.04 Å². The molecule has 7 heteroatoms. The molecule has 0 aliphatic carbocycles. The number of β-amino-alcohol motifs (C(OH)–C–C–N with tert-alkyl or cyclic N) is 1. The van der Waals surface area contributed by atoms with Crippen molar-refractivity contribution >= 4 is 21.8 Å². The van der Waals surface area contributed by atoms with Gasteiger partial charge in [0, 0.05) is 22.5 Å². The monoisotopic (exact) mass is 445 g/mol. The Morgan fingerprint density at radius 1 is 1.14 bits per heavy atom. The SMILES string of the molecule is Cc1cc(C)c(C2NNC3C(=O)N(CCO)C(c4cccc(Br)c4)C32)c(O)c1. The van der Waals surface area contributed by atoms with Gasteiger partial charge in [-0.3, -0.25) is 4.79 Å². The highest BCUT2D eigenvalue weighted by Crippen LogP contribution is 2.49. The quantitative estimate of drug-likeness (QED) is 0.580. The van der Waals surface area contributed by atoms with Crippen molar-refractivity contribution in [2.45, 2.75) is 32.0 Å². The molecule has 2 saturated heterocycles. The van der Waals surface area contributed by atoms with E-state index >= 15 is 0 Å². The maximum Gasteiger partial charge on any atom is 0.242 e. The number of rotatable bonds is 4. The minimum absolute atomic E-state index is 0.0386. The van der Waals surface area contributed by atoms with Gasteiger partial charge in [0.2, 0.25) is 5.91 Å². The van der Waals surface area contributed by atoms with Crippen LogP contribution >= 0.6 is 15.9 Å². The van der Waals surface area contributed by atoms with Gasteiger partial charge in [-0.2, -0.15) is 0 Å². The third kappa shape index (κ3) is 3.12. The molecular weight excluding hydrogens is 422 g/mol. The number of carbonyl (C=O) groups is 1. The van der Waals surface area contributed by atoms with Crippen LogP contribution in [0.15, 0.2) is 40.9 Å². The number of amides is 1. The molecule has 1 amide bonds. The highest BCUT2D eigenvalue weighted by Gasteiger charge is 2.55. The third-order valence-electron chi connectivity index (χ3n) is 5.77. The van der Waals surface area contributed by atoms with Crippen LogP contribution in [0.5, 0.6) is 5.75 Å². The Hall–Kier alpha value is -1.93. The van der Waals surface area contributed by atoms with Gasteiger partial charge in [0.25, 0.3) is 0 Å². The molecule has 2 aromatic carbocycles. The van der Waals surface area contributed by atoms with Gasteiger partial charge in [-0.1, -0.05) is 34.1 Å². The molecule has 0 bridgehead atoms. The minimum Gasteiger partial charge on any atom is -0.508 e. The second kappa shape index (κ2) is 7.48. The van der Waals surface area contributed by atoms with Crippen molar-refractivity contribution in [3.05, 3.63) is 63.1 Å². The van der Waals surface area contributed by atoms with Crippen LogP contribution in [0.2, 0.25) is 0 Å². The van der Waals surface area contributed by atoms with Crippen LogP contribution in [-0.4, -0.2) is 40.2 Å². The van der Waals surface area contributed by atoms with Gasteiger partial charge < -0.3 is 15.1 Å². The average Bonchev–Trinajstić information content (AvgIpc) is 3.15. The minimum atomic E-state index is -0.416. The zero-order valence-corrected chi connectivity index (χ0v) is 17.4. The number of hydrogen-bond donors (Lipinski definition) is 4. The second-order valence-electron chi connectivity index (χ2n) is 7.59. The zero-order chi connectivity index (χ0) is 20.0. The molecule has 148 valence electrons. The molecule has 0 radical (unpaired) electrons. The molecule has 28 heavy (non-hydrogen) atoms. The van der Waals surface area contributed by atoms with Crippen LogP contribution in [0, 0.1) is 19.8 Å². The number of nitrogens with one attached hydrogen (secondary N) is 2. The summed E-state index contributed by atoms with van der Waals surface area (Å²) in [4.78, 5) is 14.8. The summed E-state index contributed by atoms with van der Waals surface area (Å²) in [6, 6.07) is 10.9. The van der Waals surface area contributed by atoms with E-state index in [0.29, 0.717) is 0 Å². The van der Waals surface area contributed by atoms with E-state index in [1.54, 1.807) is 11.0 Å². The van der Waals surface area contributed by atoms with Crippen LogP contribution in [0.3, 0.4) is 0 Å². The molecule has 4 atom stereocenters. The number of carbonyl (C=O) groups excluding carboxylic acids is 1. The number of phenolic OH excluding ortho intramolecular Hbond substituents is 1. The van der Waals surface area contributed by atoms with E-state index in [0.717, 1.165) is 26.7 Å². The number of halogens is 1. The first-order valence-electron chi connectivity index (χ1n) is 9.40. The Morgan fingerprint density at radius 2 is 1.89 bits per heavy atom. The molecule has 0 spiro atoms. The van der Waals surface area contributed by atoms with Crippen LogP contribution in [0.1, 0.15) is 34.3 Å². The van der Waals surface area contributed by atoms with E-state index in [1.165, 1.54) is 0 Å². The number of benzene rings is 2. The maximum atomic E-state index is 13.1. The lowest BCUT2D eigenvalue weighted by molar-refractivity contribution is -0.131. The molecule has 2 fully saturated rings. The highest BCUT2D eigenvalue weighted by atomic mass is 79.9. The Balaban J connectivity index is 1.82. The molecule has 2 aliphatic rings. The molecule has 2 aromatic rings. The topological polar surface area (TPSA) is 84.8 Å². The summed E-state index contributed by atoms with van der Waals surface area (Å²) in [5.74, 6) is 0.0717. The number of likely N-dealkylation sites (tertiary alicyclic amines) is 1. The summed E-state index contributed by atoms with van der Waals surface area (Å²) in [6.07, 6.45) is 0. The normalized spacial score (nSPS) is 26.7. The van der Waals surface area contributed by atoms with Gasteiger partial charge >= 0.3 is 0 Å². The number of nitrogens with zero attached hydrogens (tertiary/aromatic N) is 1. The molecule has 6 nitrogen and oxygen atoms in total. The van der Waals surface area contributed by atoms with Crippen LogP contribution in [0.25, 0.3) is 0 Å². The molecule has 0 aromatic heterocycles. The van der Waals surface area contributed by atoms with Crippen molar-refractivity contribution in [2.24, 2.45) is 5.92 Å². The summed E-state index contributed by atoms with van der Waals surface area (Å²) < 4.78 is 0.940. The Kier molecular flexibility index (Phi) is 5.18. The van der Waals surface area contributed by atoms with Crippen molar-refractivity contribution in [2.75, 3.05) is 13.2 Å². The summed E-state index contributed by atoms with van der Waals surface area (Å²) in [5, 5.41) is 20.2. The van der Waals surface area contributed by atoms with Crippen LogP contribution in [-0.2, 0) is 4.79 Å². The van der Waals surface area contributed by atoms with E-state index in [9.17, 15) is 15.0 Å². The lowest BCUT2D eigenvalue weighted by Gasteiger charge is -2.31. The number of fused-ring (bicyclic) bond motifs is 1. The van der Waals surface area contributed by atoms with Crippen molar-refractivity contribution < 1.29 is 15.0 Å². The first-order chi connectivity index (χ1) is 13.4. The summed E-state index contributed by atoms with van der Waals surface area (Å²) in [6.45, 7) is 4.11. The van der Waals surface area contributed by atoms with E-state index in [4.69, 9.17) is 0 Å². The number of aryl methyl sites for hydroxylation is 2. The van der Waals surface area contributed by atoms with E-state index in [1.807, 2.05) is 44.2 Å². The number of phenols is 1. The first-order valence-corrected chi connectivity index (χ1v) is 10.2. The predicted molar refractivity (Wildman–Crippen MR) is 110 cm³/mol. The molecule has 0 saturated carbocycles. The number of hydrazine groups is 1. The standard InChI is InChI=1S/C21H24BrN3O3/c1-11-8-12(2)16(15(27)9-11)18-17-19(24-23-18)21(28)25(6-7-26)20(17)13-4-3-5-14(22)10-13/h3-5,8-10,17-20,23-24,26-27H,6-7H2,1-2H3. The van der Waals surface area contributed by atoms with Crippen molar-refractivity contribution in [1.29, 1.82) is 0 Å². The lowest BCUT2D eigenvalue weighted by atomic mass is 9.81. The molecule has 2 aliphatic heterocycles. The highest BCUT2D eigenvalue weighted by molar-refractivity contribution is 9.10. The summed E-state index contributed by atoms with van der Waals surface area (Å²) >= 11 is 3.52. The van der Waals surface area contributed by atoms with Gasteiger partial charge in [-0.25, -0.2) is 10.9 Å². The Labute approximate surface area is 172 Å². The fourth-order valence-corrected chi connectivity index (χ4v) is 5.17. The molecule has 4 unspecified atom stereocenters. The maximum absolute atomic E-state index is 13.1. The van der Waals surface area contributed by atoms with Crippen molar-refractivity contribution in [3.8, 4) is 5.75 Å². The number of aliphatic hydroxyl groups is 1. The fraction of sp³-hybridized carbons (Fsp3) is 0.381. The third-order valence-corrected chi connectivity index (χ3v) is 6.26. The van der Waals surface area contributed by atoms with Gasteiger partial charge in [-0.05, 0) is 48.7 Å². The summed E-state index contributed by atoms with van der Waals surface area (Å²) in [7, 11) is 0. The Morgan fingerprint density at radius 3 is 2.57 bits per heavy atom. The summed E-state index contributed by atoms with van der Waals surface area (Å²) in [5.41, 5.74) is 10.2. The molecule has 2 heterocycles. The van der Waals surface area contributed by atoms with Crippen LogP contribution < -0.4 is 10.9 Å². The number of hydrogen-bond acceptors (Lipinski definition) is 5. The molecule has 4 rings (SSSR count). The first kappa shape index (κ1) is 19.4. The van der Waals surface area contributed by atoms with Gasteiger partial charge in [0.15, 0.2) is 0 Å². The average molecular weight is 446 g/mol. The largest absolute Gasteiger partial charge is 0.508 e. The smallest absolute Gasteiger partial charge is 0.242 e. The molecule has 4 N–H and O–H groups in total. The number of aliphatic hydroxyl groups excluding tert-OH is 1. The van der Waals surface area contributed by atoms with Gasteiger partial charge in [0.05, 0.1) is 18.7 Å². The van der Waals surface area contributed by atoms with E-state index in [2.05, 4.69) is 26.8 Å². The number of aromatic hydroxyl groups is 1. The van der Waals surface area contributed by atoms with Gasteiger partial charge in [0.1, 0.15) is 11.8 Å². The Bertz CT molecular complexity index is 897. The zero-order valence-electron chi connectivity index (χ0n) is 15.8.